The molecule has 0 saturated heterocycles. The van der Waals surface area contributed by atoms with Crippen LogP contribution in [0.2, 0.25) is 0 Å². The summed E-state index contributed by atoms with van der Waals surface area (Å²) < 4.78 is 19.8. The highest BCUT2D eigenvalue weighted by atomic mass is 32.1. The first-order valence-electron chi connectivity index (χ1n) is 9.52. The average Bonchev–Trinajstić information content (AvgIpc) is 3.32. The Morgan fingerprint density at radius 3 is 2.72 bits per heavy atom. The van der Waals surface area contributed by atoms with Gasteiger partial charge in [-0.25, -0.2) is 9.18 Å². The Morgan fingerprint density at radius 2 is 2.03 bits per heavy atom. The van der Waals surface area contributed by atoms with Gasteiger partial charge in [0.25, 0.3) is 11.8 Å². The molecule has 0 aliphatic carbocycles. The van der Waals surface area contributed by atoms with Crippen molar-refractivity contribution < 1.29 is 28.6 Å². The molecule has 1 aromatic heterocycles. The van der Waals surface area contributed by atoms with Gasteiger partial charge in [-0.3, -0.25) is 14.5 Å². The van der Waals surface area contributed by atoms with Crippen molar-refractivity contribution in [3.8, 4) is 5.75 Å². The lowest BCUT2D eigenvalue weighted by Gasteiger charge is -2.29. The number of rotatable bonds is 6. The number of ether oxygens (including phenoxy) is 1. The topological polar surface area (TPSA) is 108 Å². The van der Waals surface area contributed by atoms with E-state index in [0.717, 1.165) is 6.07 Å². The van der Waals surface area contributed by atoms with E-state index in [1.54, 1.807) is 36.7 Å². The summed E-state index contributed by atoms with van der Waals surface area (Å²) in [5.74, 6) is -2.61. The molecule has 4 rings (SSSR count). The van der Waals surface area contributed by atoms with Crippen LogP contribution in [0.15, 0.2) is 53.9 Å². The summed E-state index contributed by atoms with van der Waals surface area (Å²) in [6, 6.07) is 10.8. The molecular weight excluding hydrogens is 437 g/mol. The lowest BCUT2D eigenvalue weighted by molar-refractivity contribution is -0.139. The maximum Gasteiger partial charge on any atom is 0.331 e. The maximum atomic E-state index is 14.2. The summed E-state index contributed by atoms with van der Waals surface area (Å²) in [5, 5.41) is 16.4. The third-order valence-electron chi connectivity index (χ3n) is 4.93. The van der Waals surface area contributed by atoms with Gasteiger partial charge in [0.2, 0.25) is 0 Å². The van der Waals surface area contributed by atoms with Crippen LogP contribution in [0.4, 0.5) is 15.8 Å². The first kappa shape index (κ1) is 21.3. The van der Waals surface area contributed by atoms with Crippen molar-refractivity contribution in [2.45, 2.75) is 6.04 Å². The maximum absolute atomic E-state index is 14.2. The van der Waals surface area contributed by atoms with Crippen molar-refractivity contribution in [1.82, 2.24) is 5.32 Å². The fourth-order valence-electron chi connectivity index (χ4n) is 3.30. The second-order valence-corrected chi connectivity index (χ2v) is 7.87. The van der Waals surface area contributed by atoms with E-state index in [0.29, 0.717) is 10.6 Å². The zero-order chi connectivity index (χ0) is 22.8. The van der Waals surface area contributed by atoms with Crippen LogP contribution in [0.3, 0.4) is 0 Å². The number of carboxylic acid groups (broad SMARTS) is 1. The molecule has 2 amide bonds. The third-order valence-corrected chi connectivity index (χ3v) is 5.87. The summed E-state index contributed by atoms with van der Waals surface area (Å²) in [7, 11) is 1.56. The van der Waals surface area contributed by atoms with E-state index in [9.17, 15) is 23.9 Å². The minimum Gasteiger partial charge on any atom is -0.479 e. The first-order chi connectivity index (χ1) is 15.4. The number of halogens is 1. The molecule has 2 heterocycles. The number of carbonyl (C=O) groups is 3. The number of nitrogens with zero attached hydrogens (tertiary/aromatic N) is 1. The zero-order valence-electron chi connectivity index (χ0n) is 16.8. The van der Waals surface area contributed by atoms with Gasteiger partial charge in [-0.05, 0) is 35.7 Å². The molecule has 1 unspecified atom stereocenters. The predicted octanol–water partition coefficient (Wildman–Crippen LogP) is 3.48. The molecule has 2 aromatic carbocycles. The predicted molar refractivity (Wildman–Crippen MR) is 117 cm³/mol. The summed E-state index contributed by atoms with van der Waals surface area (Å²) in [4.78, 5) is 39.0. The van der Waals surface area contributed by atoms with Gasteiger partial charge in [0.15, 0.2) is 12.8 Å². The standard InChI is InChI=1S/C22H18FN3O5S/c1-24-16-10-17-14(9-15(16)23)21(28)26(11-31-17)13-5-2-4-12(8-13)20(27)25-19(22(29)30)18-6-3-7-32-18/h2-10,19,24H,11H2,1H3,(H,25,27)(H,29,30). The van der Waals surface area contributed by atoms with Crippen LogP contribution in [0.1, 0.15) is 31.6 Å². The Balaban J connectivity index is 1.58. The molecule has 8 nitrogen and oxygen atoms in total. The van der Waals surface area contributed by atoms with Crippen LogP contribution < -0.4 is 20.3 Å². The van der Waals surface area contributed by atoms with Gasteiger partial charge in [-0.1, -0.05) is 12.1 Å². The van der Waals surface area contributed by atoms with Crippen LogP contribution in [0, 0.1) is 5.82 Å². The van der Waals surface area contributed by atoms with Crippen LogP contribution in [0.25, 0.3) is 0 Å². The molecule has 0 bridgehead atoms. The van der Waals surface area contributed by atoms with Crippen LogP contribution in [-0.2, 0) is 4.79 Å². The smallest absolute Gasteiger partial charge is 0.331 e. The quantitative estimate of drug-likeness (QED) is 0.525. The molecule has 3 aromatic rings. The fourth-order valence-corrected chi connectivity index (χ4v) is 4.07. The van der Waals surface area contributed by atoms with Gasteiger partial charge >= 0.3 is 5.97 Å². The molecule has 164 valence electrons. The monoisotopic (exact) mass is 455 g/mol. The van der Waals surface area contributed by atoms with E-state index in [4.69, 9.17) is 4.74 Å². The number of carboxylic acids is 1. The average molecular weight is 455 g/mol. The van der Waals surface area contributed by atoms with E-state index in [2.05, 4.69) is 10.6 Å². The van der Waals surface area contributed by atoms with Gasteiger partial charge in [0.1, 0.15) is 11.6 Å². The largest absolute Gasteiger partial charge is 0.479 e. The second-order valence-electron chi connectivity index (χ2n) is 6.90. The number of benzene rings is 2. The normalized spacial score (nSPS) is 13.7. The molecule has 1 aliphatic rings. The highest BCUT2D eigenvalue weighted by Crippen LogP contribution is 2.32. The van der Waals surface area contributed by atoms with Gasteiger partial charge in [0, 0.05) is 29.2 Å². The summed E-state index contributed by atoms with van der Waals surface area (Å²) >= 11 is 1.22. The van der Waals surface area contributed by atoms with Crippen molar-refractivity contribution in [1.29, 1.82) is 0 Å². The van der Waals surface area contributed by atoms with Crippen LogP contribution in [-0.4, -0.2) is 36.7 Å². The van der Waals surface area contributed by atoms with Crippen molar-refractivity contribution in [2.75, 3.05) is 24.0 Å². The zero-order valence-corrected chi connectivity index (χ0v) is 17.6. The minimum absolute atomic E-state index is 0.0613. The molecule has 32 heavy (non-hydrogen) atoms. The Bertz CT molecular complexity index is 1200. The Kier molecular flexibility index (Phi) is 5.78. The van der Waals surface area contributed by atoms with Crippen LogP contribution in [0.5, 0.6) is 5.75 Å². The van der Waals surface area contributed by atoms with Crippen molar-refractivity contribution >= 4 is 40.5 Å². The van der Waals surface area contributed by atoms with Gasteiger partial charge in [-0.15, -0.1) is 11.3 Å². The van der Waals surface area contributed by atoms with Crippen LogP contribution >= 0.6 is 11.3 Å². The van der Waals surface area contributed by atoms with Crippen molar-refractivity contribution in [3.63, 3.8) is 0 Å². The summed E-state index contributed by atoms with van der Waals surface area (Å²) in [6.45, 7) is -0.126. The highest BCUT2D eigenvalue weighted by Gasteiger charge is 2.29. The molecule has 10 heteroatoms. The van der Waals surface area contributed by atoms with Gasteiger partial charge in [-0.2, -0.15) is 0 Å². The van der Waals surface area contributed by atoms with Crippen molar-refractivity contribution in [2.24, 2.45) is 0 Å². The number of amides is 2. The number of nitrogens with one attached hydrogen (secondary N) is 2. The van der Waals surface area contributed by atoms with E-state index in [-0.39, 0.29) is 29.3 Å². The lowest BCUT2D eigenvalue weighted by Crippen LogP contribution is -2.39. The number of aliphatic carboxylic acids is 1. The Labute approximate surface area is 186 Å². The molecule has 0 spiro atoms. The fraction of sp³-hybridized carbons (Fsp3) is 0.136. The van der Waals surface area contributed by atoms with E-state index >= 15 is 0 Å². The van der Waals surface area contributed by atoms with Crippen molar-refractivity contribution in [3.05, 3.63) is 75.7 Å². The van der Waals surface area contributed by atoms with Gasteiger partial charge < -0.3 is 20.5 Å². The van der Waals surface area contributed by atoms with E-state index in [1.807, 2.05) is 0 Å². The van der Waals surface area contributed by atoms with E-state index in [1.165, 1.54) is 34.4 Å². The molecule has 1 atom stereocenters. The van der Waals surface area contributed by atoms with Gasteiger partial charge in [0.05, 0.1) is 11.3 Å². The molecule has 3 N–H and O–H groups in total. The number of fused-ring (bicyclic) bond motifs is 1. The first-order valence-corrected chi connectivity index (χ1v) is 10.4. The summed E-state index contributed by atoms with van der Waals surface area (Å²) in [6.07, 6.45) is 0. The Hall–Kier alpha value is -3.92. The third kappa shape index (κ3) is 4.00. The lowest BCUT2D eigenvalue weighted by atomic mass is 10.1. The summed E-state index contributed by atoms with van der Waals surface area (Å²) in [5.41, 5.74) is 0.795. The minimum atomic E-state index is -1.19. The highest BCUT2D eigenvalue weighted by molar-refractivity contribution is 7.10. The SMILES string of the molecule is CNc1cc2c(cc1F)C(=O)N(c1cccc(C(=O)NC(C(=O)O)c3cccs3)c1)CO2. The molecule has 0 fully saturated rings. The molecule has 0 saturated carbocycles. The number of carbonyl (C=O) groups excluding carboxylic acids is 2. The number of hydrogen-bond donors (Lipinski definition) is 3. The second kappa shape index (κ2) is 8.67. The van der Waals surface area contributed by atoms with E-state index < -0.39 is 29.6 Å². The number of hydrogen-bond acceptors (Lipinski definition) is 6. The molecule has 0 radical (unpaired) electrons. The molecular formula is C22H18FN3O5S. The Morgan fingerprint density at radius 1 is 1.22 bits per heavy atom. The number of thiophene rings is 1. The molecule has 1 aliphatic heterocycles. The number of anilines is 2.